The van der Waals surface area contributed by atoms with Crippen LogP contribution in [-0.4, -0.2) is 31.3 Å². The van der Waals surface area contributed by atoms with Gasteiger partial charge in [0.25, 0.3) is 15.9 Å². The molecule has 2 heterocycles. The molecule has 1 saturated carbocycles. The molecule has 1 aromatic heterocycles. The molecule has 1 aromatic rings. The molecular formula is C15H15NO5S2. The molecule has 2 unspecified atom stereocenters. The molecule has 0 N–H and O–H groups in total. The van der Waals surface area contributed by atoms with Crippen molar-refractivity contribution in [3.05, 3.63) is 32.4 Å². The lowest BCUT2D eigenvalue weighted by Crippen LogP contribution is -2.36. The maximum absolute atomic E-state index is 12.6. The van der Waals surface area contributed by atoms with Gasteiger partial charge in [-0.2, -0.15) is 4.31 Å². The van der Waals surface area contributed by atoms with Crippen LogP contribution in [0.15, 0.2) is 21.9 Å². The predicted octanol–water partition coefficient (Wildman–Crippen LogP) is 2.03. The van der Waals surface area contributed by atoms with E-state index in [-0.39, 0.29) is 16.7 Å². The third-order valence-corrected chi connectivity index (χ3v) is 7.82. The first-order valence-electron chi connectivity index (χ1n) is 7.43. The molecule has 2 bridgehead atoms. The smallest absolute Gasteiger partial charge is 0.350 e. The minimum atomic E-state index is -3.83. The normalized spacial score (nSPS) is 27.7. The zero-order valence-corrected chi connectivity index (χ0v) is 14.1. The number of sulfonamides is 1. The molecule has 8 heteroatoms. The fraction of sp³-hybridized carbons (Fsp3) is 0.467. The van der Waals surface area contributed by atoms with Gasteiger partial charge in [0.15, 0.2) is 6.73 Å². The molecule has 1 fully saturated rings. The Morgan fingerprint density at radius 1 is 1.39 bits per heavy atom. The average Bonchev–Trinajstić information content (AvgIpc) is 3.23. The predicted molar refractivity (Wildman–Crippen MR) is 83.0 cm³/mol. The van der Waals surface area contributed by atoms with Crippen LogP contribution in [0.25, 0.3) is 0 Å². The van der Waals surface area contributed by atoms with Crippen molar-refractivity contribution in [1.82, 2.24) is 4.31 Å². The SMILES string of the molecule is Cc1ccsc1C(=O)OCN1C(=O)C2=C(C3CCC2C3)S1(=O)=O. The highest BCUT2D eigenvalue weighted by atomic mass is 32.2. The Labute approximate surface area is 137 Å². The number of hydrogen-bond acceptors (Lipinski definition) is 6. The molecule has 0 aromatic carbocycles. The molecule has 0 saturated heterocycles. The van der Waals surface area contributed by atoms with Crippen LogP contribution >= 0.6 is 11.3 Å². The van der Waals surface area contributed by atoms with E-state index in [4.69, 9.17) is 4.74 Å². The molecule has 122 valence electrons. The van der Waals surface area contributed by atoms with E-state index < -0.39 is 28.6 Å². The Balaban J connectivity index is 1.54. The number of esters is 1. The number of fused-ring (bicyclic) bond motifs is 4. The first-order chi connectivity index (χ1) is 10.9. The third-order valence-electron chi connectivity index (χ3n) is 4.86. The molecule has 4 rings (SSSR count). The van der Waals surface area contributed by atoms with Gasteiger partial charge in [-0.25, -0.2) is 13.2 Å². The van der Waals surface area contributed by atoms with Gasteiger partial charge in [-0.15, -0.1) is 11.3 Å². The van der Waals surface area contributed by atoms with E-state index >= 15 is 0 Å². The summed E-state index contributed by atoms with van der Waals surface area (Å²) < 4.78 is 31.0. The van der Waals surface area contributed by atoms with Crippen molar-refractivity contribution in [2.24, 2.45) is 11.8 Å². The molecule has 23 heavy (non-hydrogen) atoms. The Morgan fingerprint density at radius 3 is 2.78 bits per heavy atom. The molecule has 6 nitrogen and oxygen atoms in total. The monoisotopic (exact) mass is 353 g/mol. The molecule has 3 aliphatic rings. The third kappa shape index (κ3) is 2.01. The first-order valence-corrected chi connectivity index (χ1v) is 9.75. The minimum absolute atomic E-state index is 0.0378. The van der Waals surface area contributed by atoms with Crippen molar-refractivity contribution in [1.29, 1.82) is 0 Å². The lowest BCUT2D eigenvalue weighted by Gasteiger charge is -2.18. The van der Waals surface area contributed by atoms with Gasteiger partial charge in [0.05, 0.1) is 4.91 Å². The largest absolute Gasteiger partial charge is 0.439 e. The number of thiophene rings is 1. The standard InChI is InChI=1S/C15H15NO5S2/c1-8-4-5-22-12(8)15(18)21-7-16-14(17)11-9-2-3-10(6-9)13(11)23(16,19)20/h4-5,9-10H,2-3,6-7H2,1H3. The summed E-state index contributed by atoms with van der Waals surface area (Å²) in [5.41, 5.74) is 1.21. The second-order valence-corrected chi connectivity index (χ2v) is 8.88. The van der Waals surface area contributed by atoms with Crippen LogP contribution in [-0.2, 0) is 19.6 Å². The number of carbonyl (C=O) groups excluding carboxylic acids is 2. The van der Waals surface area contributed by atoms with E-state index in [1.165, 1.54) is 11.3 Å². The second-order valence-electron chi connectivity index (χ2n) is 6.14. The van der Waals surface area contributed by atoms with Gasteiger partial charge in [-0.3, -0.25) is 4.79 Å². The van der Waals surface area contributed by atoms with Gasteiger partial charge in [0, 0.05) is 5.57 Å². The van der Waals surface area contributed by atoms with Gasteiger partial charge in [0.2, 0.25) is 0 Å². The van der Waals surface area contributed by atoms with Crippen LogP contribution in [0.2, 0.25) is 0 Å². The summed E-state index contributed by atoms with van der Waals surface area (Å²) in [6.07, 6.45) is 2.45. The van der Waals surface area contributed by atoms with E-state index in [1.807, 2.05) is 0 Å². The van der Waals surface area contributed by atoms with Gasteiger partial charge in [-0.05, 0) is 55.0 Å². The second kappa shape index (κ2) is 4.91. The summed E-state index contributed by atoms with van der Waals surface area (Å²) in [7, 11) is -3.83. The van der Waals surface area contributed by atoms with Crippen molar-refractivity contribution >= 4 is 33.2 Å². The highest BCUT2D eigenvalue weighted by Gasteiger charge is 2.55. The lowest BCUT2D eigenvalue weighted by atomic mass is 9.98. The molecule has 2 aliphatic carbocycles. The van der Waals surface area contributed by atoms with Crippen LogP contribution in [0, 0.1) is 18.8 Å². The Bertz CT molecular complexity index is 851. The van der Waals surface area contributed by atoms with Crippen molar-refractivity contribution in [3.63, 3.8) is 0 Å². The number of aryl methyl sites for hydroxylation is 1. The van der Waals surface area contributed by atoms with E-state index in [2.05, 4.69) is 0 Å². The number of rotatable bonds is 3. The van der Waals surface area contributed by atoms with E-state index in [0.29, 0.717) is 14.8 Å². The van der Waals surface area contributed by atoms with Crippen molar-refractivity contribution in [2.45, 2.75) is 26.2 Å². The number of ether oxygens (including phenoxy) is 1. The first kappa shape index (κ1) is 14.9. The zero-order valence-electron chi connectivity index (χ0n) is 12.4. The highest BCUT2D eigenvalue weighted by molar-refractivity contribution is 7.94. The number of hydrogen-bond donors (Lipinski definition) is 0. The summed E-state index contributed by atoms with van der Waals surface area (Å²) in [5, 5.41) is 1.76. The molecule has 0 spiro atoms. The van der Waals surface area contributed by atoms with Crippen LogP contribution in [0.3, 0.4) is 0 Å². The Kier molecular flexibility index (Phi) is 3.18. The summed E-state index contributed by atoms with van der Waals surface area (Å²) in [6, 6.07) is 1.78. The van der Waals surface area contributed by atoms with Gasteiger partial charge in [0.1, 0.15) is 4.88 Å². The van der Waals surface area contributed by atoms with Crippen molar-refractivity contribution in [2.75, 3.05) is 6.73 Å². The van der Waals surface area contributed by atoms with E-state index in [9.17, 15) is 18.0 Å². The molecule has 1 aliphatic heterocycles. The summed E-state index contributed by atoms with van der Waals surface area (Å²) in [4.78, 5) is 25.2. The number of amides is 1. The molecule has 2 atom stereocenters. The molecule has 1 amide bonds. The fourth-order valence-electron chi connectivity index (χ4n) is 3.79. The van der Waals surface area contributed by atoms with Crippen molar-refractivity contribution < 1.29 is 22.7 Å². The highest BCUT2D eigenvalue weighted by Crippen LogP contribution is 2.54. The molecular weight excluding hydrogens is 338 g/mol. The van der Waals surface area contributed by atoms with Gasteiger partial charge in [-0.1, -0.05) is 0 Å². The van der Waals surface area contributed by atoms with Gasteiger partial charge < -0.3 is 4.74 Å². The maximum atomic E-state index is 12.6. The number of allylic oxidation sites excluding steroid dienone is 1. The fourth-order valence-corrected chi connectivity index (χ4v) is 6.52. The van der Waals surface area contributed by atoms with Crippen LogP contribution < -0.4 is 0 Å². The Hall–Kier alpha value is -1.67. The minimum Gasteiger partial charge on any atom is -0.439 e. The number of nitrogens with zero attached hydrogens (tertiary/aromatic N) is 1. The summed E-state index contributed by atoms with van der Waals surface area (Å²) in [5.74, 6) is -1.10. The average molecular weight is 353 g/mol. The zero-order chi connectivity index (χ0) is 16.4. The summed E-state index contributed by atoms with van der Waals surface area (Å²) >= 11 is 1.23. The summed E-state index contributed by atoms with van der Waals surface area (Å²) in [6.45, 7) is 1.22. The van der Waals surface area contributed by atoms with Gasteiger partial charge >= 0.3 is 5.97 Å². The van der Waals surface area contributed by atoms with Crippen LogP contribution in [0.4, 0.5) is 0 Å². The number of carbonyl (C=O) groups is 2. The Morgan fingerprint density at radius 2 is 2.13 bits per heavy atom. The van der Waals surface area contributed by atoms with E-state index in [1.54, 1.807) is 18.4 Å². The quantitative estimate of drug-likeness (QED) is 0.777. The maximum Gasteiger partial charge on any atom is 0.350 e. The van der Waals surface area contributed by atoms with E-state index in [0.717, 1.165) is 24.8 Å². The topological polar surface area (TPSA) is 80.8 Å². The van der Waals surface area contributed by atoms with Crippen molar-refractivity contribution in [3.8, 4) is 0 Å². The van der Waals surface area contributed by atoms with Crippen LogP contribution in [0.5, 0.6) is 0 Å². The molecule has 0 radical (unpaired) electrons. The lowest BCUT2D eigenvalue weighted by molar-refractivity contribution is -0.125. The van der Waals surface area contributed by atoms with Crippen LogP contribution in [0.1, 0.15) is 34.5 Å².